The predicted molar refractivity (Wildman–Crippen MR) is 91.4 cm³/mol. The summed E-state index contributed by atoms with van der Waals surface area (Å²) in [5.41, 5.74) is 0.944. The van der Waals surface area contributed by atoms with E-state index in [2.05, 4.69) is 9.97 Å². The summed E-state index contributed by atoms with van der Waals surface area (Å²) >= 11 is 0. The number of ketones is 1. The number of aromatic nitrogens is 2. The van der Waals surface area contributed by atoms with Gasteiger partial charge in [-0.15, -0.1) is 0 Å². The number of ether oxygens (including phenoxy) is 2. The topological polar surface area (TPSA) is 64.5 Å². The third-order valence-electron chi connectivity index (χ3n) is 3.82. The van der Waals surface area contributed by atoms with E-state index in [9.17, 15) is 9.18 Å². The summed E-state index contributed by atoms with van der Waals surface area (Å²) in [5.74, 6) is -0.129. The highest BCUT2D eigenvalue weighted by atomic mass is 19.1. The zero-order valence-corrected chi connectivity index (χ0v) is 13.8. The molecule has 6 nitrogen and oxygen atoms in total. The van der Waals surface area contributed by atoms with Crippen LogP contribution in [-0.2, 0) is 4.74 Å². The van der Waals surface area contributed by atoms with Crippen molar-refractivity contribution >= 4 is 17.8 Å². The van der Waals surface area contributed by atoms with Gasteiger partial charge in [0.15, 0.2) is 17.3 Å². The van der Waals surface area contributed by atoms with E-state index < -0.39 is 5.82 Å². The Kier molecular flexibility index (Phi) is 5.35. The van der Waals surface area contributed by atoms with Gasteiger partial charge in [0.05, 0.1) is 20.3 Å². The van der Waals surface area contributed by atoms with Crippen LogP contribution in [0.3, 0.4) is 0 Å². The molecule has 0 bridgehead atoms. The average Bonchev–Trinajstić information content (AvgIpc) is 2.67. The van der Waals surface area contributed by atoms with E-state index >= 15 is 0 Å². The molecule has 0 spiro atoms. The van der Waals surface area contributed by atoms with Gasteiger partial charge in [-0.3, -0.25) is 4.79 Å². The van der Waals surface area contributed by atoms with Crippen LogP contribution >= 0.6 is 0 Å². The van der Waals surface area contributed by atoms with Crippen molar-refractivity contribution in [3.05, 3.63) is 53.6 Å². The molecule has 0 saturated carbocycles. The molecule has 2 aromatic rings. The minimum Gasteiger partial charge on any atom is -0.494 e. The third-order valence-corrected chi connectivity index (χ3v) is 3.82. The van der Waals surface area contributed by atoms with E-state index in [0.717, 1.165) is 19.2 Å². The lowest BCUT2D eigenvalue weighted by molar-refractivity contribution is 0.104. The monoisotopic (exact) mass is 343 g/mol. The Hall–Kier alpha value is -2.80. The average molecular weight is 343 g/mol. The lowest BCUT2D eigenvalue weighted by atomic mass is 10.1. The molecule has 2 heterocycles. The van der Waals surface area contributed by atoms with Gasteiger partial charge in [-0.2, -0.15) is 0 Å². The molecule has 0 amide bonds. The number of benzene rings is 1. The number of anilines is 1. The van der Waals surface area contributed by atoms with Gasteiger partial charge in [-0.1, -0.05) is 0 Å². The van der Waals surface area contributed by atoms with Crippen LogP contribution in [-0.4, -0.2) is 49.2 Å². The molecule has 0 atom stereocenters. The fraction of sp³-hybridized carbons (Fsp3) is 0.278. The van der Waals surface area contributed by atoms with Crippen molar-refractivity contribution in [3.63, 3.8) is 0 Å². The van der Waals surface area contributed by atoms with Crippen LogP contribution in [0.1, 0.15) is 15.9 Å². The largest absolute Gasteiger partial charge is 0.494 e. The fourth-order valence-corrected chi connectivity index (χ4v) is 2.43. The van der Waals surface area contributed by atoms with E-state index in [-0.39, 0.29) is 17.1 Å². The van der Waals surface area contributed by atoms with Crippen LogP contribution in [0.4, 0.5) is 10.3 Å². The molecular formula is C18H18FN3O3. The van der Waals surface area contributed by atoms with Crippen LogP contribution in [0.25, 0.3) is 6.08 Å². The number of carbonyl (C=O) groups is 1. The second kappa shape index (κ2) is 7.85. The van der Waals surface area contributed by atoms with Crippen molar-refractivity contribution in [2.75, 3.05) is 38.3 Å². The van der Waals surface area contributed by atoms with Crippen molar-refractivity contribution in [2.45, 2.75) is 0 Å². The third kappa shape index (κ3) is 4.19. The lowest BCUT2D eigenvalue weighted by Gasteiger charge is -2.26. The highest BCUT2D eigenvalue weighted by Gasteiger charge is 2.13. The first kappa shape index (κ1) is 17.0. The molecule has 1 fully saturated rings. The van der Waals surface area contributed by atoms with Crippen LogP contribution in [0, 0.1) is 5.82 Å². The van der Waals surface area contributed by atoms with Gasteiger partial charge in [0.1, 0.15) is 0 Å². The Morgan fingerprint density at radius 3 is 2.64 bits per heavy atom. The number of carbonyl (C=O) groups excluding carboxylic acids is 1. The Bertz CT molecular complexity index is 772. The van der Waals surface area contributed by atoms with Gasteiger partial charge in [0.2, 0.25) is 5.95 Å². The fourth-order valence-electron chi connectivity index (χ4n) is 2.43. The van der Waals surface area contributed by atoms with E-state index in [4.69, 9.17) is 9.47 Å². The van der Waals surface area contributed by atoms with Gasteiger partial charge < -0.3 is 14.4 Å². The summed E-state index contributed by atoms with van der Waals surface area (Å²) in [4.78, 5) is 22.8. The molecule has 0 N–H and O–H groups in total. The summed E-state index contributed by atoms with van der Waals surface area (Å²) < 4.78 is 23.8. The Morgan fingerprint density at radius 2 is 2.00 bits per heavy atom. The standard InChI is InChI=1S/C18H18FN3O3/c1-24-17-5-3-14(10-15(17)19)16(23)4-2-13-11-20-18(21-12-13)22-6-8-25-9-7-22/h2-5,10-12H,6-9H2,1H3/b4-2-. The number of hydrogen-bond donors (Lipinski definition) is 0. The molecule has 1 aromatic carbocycles. The maximum atomic E-state index is 13.7. The number of nitrogens with zero attached hydrogens (tertiary/aromatic N) is 3. The number of allylic oxidation sites excluding steroid dienone is 1. The van der Waals surface area contributed by atoms with E-state index in [0.29, 0.717) is 24.7 Å². The van der Waals surface area contributed by atoms with E-state index in [1.165, 1.54) is 25.3 Å². The van der Waals surface area contributed by atoms with Gasteiger partial charge in [-0.05, 0) is 30.4 Å². The molecule has 25 heavy (non-hydrogen) atoms. The highest BCUT2D eigenvalue weighted by Crippen LogP contribution is 2.18. The smallest absolute Gasteiger partial charge is 0.225 e. The molecule has 0 aliphatic carbocycles. The van der Waals surface area contributed by atoms with Crippen molar-refractivity contribution in [2.24, 2.45) is 0 Å². The van der Waals surface area contributed by atoms with Crippen LogP contribution < -0.4 is 9.64 Å². The maximum Gasteiger partial charge on any atom is 0.225 e. The summed E-state index contributed by atoms with van der Waals surface area (Å²) in [6, 6.07) is 4.10. The Labute approximate surface area is 144 Å². The maximum absolute atomic E-state index is 13.7. The molecule has 1 saturated heterocycles. The number of morpholine rings is 1. The van der Waals surface area contributed by atoms with Crippen molar-refractivity contribution in [1.82, 2.24) is 9.97 Å². The van der Waals surface area contributed by atoms with Crippen molar-refractivity contribution in [1.29, 1.82) is 0 Å². The highest BCUT2D eigenvalue weighted by molar-refractivity contribution is 6.06. The summed E-state index contributed by atoms with van der Waals surface area (Å²) in [6.45, 7) is 2.85. The van der Waals surface area contributed by atoms with Gasteiger partial charge in [0.25, 0.3) is 0 Å². The zero-order valence-electron chi connectivity index (χ0n) is 13.8. The number of halogens is 1. The summed E-state index contributed by atoms with van der Waals surface area (Å²) in [7, 11) is 1.38. The molecule has 1 aromatic heterocycles. The first-order valence-corrected chi connectivity index (χ1v) is 7.88. The lowest BCUT2D eigenvalue weighted by Crippen LogP contribution is -2.37. The number of rotatable bonds is 5. The molecule has 0 radical (unpaired) electrons. The second-order valence-corrected chi connectivity index (χ2v) is 5.46. The van der Waals surface area contributed by atoms with Gasteiger partial charge >= 0.3 is 0 Å². The Morgan fingerprint density at radius 1 is 1.28 bits per heavy atom. The SMILES string of the molecule is COc1ccc(C(=O)/C=C\c2cnc(N3CCOCC3)nc2)cc1F. The Balaban J connectivity index is 1.66. The number of hydrogen-bond acceptors (Lipinski definition) is 6. The van der Waals surface area contributed by atoms with E-state index in [1.54, 1.807) is 18.5 Å². The minimum absolute atomic E-state index is 0.104. The van der Waals surface area contributed by atoms with Crippen LogP contribution in [0.15, 0.2) is 36.7 Å². The van der Waals surface area contributed by atoms with Crippen molar-refractivity contribution in [3.8, 4) is 5.75 Å². The zero-order chi connectivity index (χ0) is 17.6. The van der Waals surface area contributed by atoms with Crippen LogP contribution in [0.2, 0.25) is 0 Å². The molecular weight excluding hydrogens is 325 g/mol. The summed E-state index contributed by atoms with van der Waals surface area (Å²) in [5, 5.41) is 0. The summed E-state index contributed by atoms with van der Waals surface area (Å²) in [6.07, 6.45) is 6.27. The molecule has 130 valence electrons. The van der Waals surface area contributed by atoms with Crippen molar-refractivity contribution < 1.29 is 18.7 Å². The second-order valence-electron chi connectivity index (χ2n) is 5.46. The normalized spacial score (nSPS) is 14.7. The molecule has 3 rings (SSSR count). The van der Waals surface area contributed by atoms with E-state index in [1.807, 2.05) is 4.90 Å². The first-order chi connectivity index (χ1) is 12.2. The molecule has 1 aliphatic heterocycles. The molecule has 1 aliphatic rings. The molecule has 0 unspecified atom stereocenters. The van der Waals surface area contributed by atoms with Gasteiger partial charge in [0, 0.05) is 36.6 Å². The van der Waals surface area contributed by atoms with Crippen LogP contribution in [0.5, 0.6) is 5.75 Å². The predicted octanol–water partition coefficient (Wildman–Crippen LogP) is 2.36. The first-order valence-electron chi connectivity index (χ1n) is 7.88. The van der Waals surface area contributed by atoms with Gasteiger partial charge in [-0.25, -0.2) is 14.4 Å². The number of methoxy groups -OCH3 is 1. The quantitative estimate of drug-likeness (QED) is 0.613. The molecule has 7 heteroatoms. The minimum atomic E-state index is -0.569.